The Labute approximate surface area is 133 Å². The molecule has 0 radical (unpaired) electrons. The molecule has 1 heterocycles. The van der Waals surface area contributed by atoms with Crippen molar-refractivity contribution in [3.63, 3.8) is 0 Å². The number of nitrogens with one attached hydrogen (secondary N) is 1. The topological polar surface area (TPSA) is 25.2 Å². The monoisotopic (exact) mass is 343 g/mol. The molecule has 3 heteroatoms. The molecular formula is C18H18BrNO. The minimum Gasteiger partial charge on any atom is -0.452 e. The summed E-state index contributed by atoms with van der Waals surface area (Å²) in [4.78, 5) is 0. The van der Waals surface area contributed by atoms with Gasteiger partial charge in [-0.3, -0.25) is 0 Å². The molecule has 0 saturated carbocycles. The molecule has 0 saturated heterocycles. The minimum absolute atomic E-state index is 0.0619. The Morgan fingerprint density at radius 1 is 1.05 bits per heavy atom. The van der Waals surface area contributed by atoms with Crippen LogP contribution in [0.25, 0.3) is 10.8 Å². The van der Waals surface area contributed by atoms with Gasteiger partial charge in [-0.25, -0.2) is 0 Å². The summed E-state index contributed by atoms with van der Waals surface area (Å²) in [5, 5.41) is 6.09. The second kappa shape index (κ2) is 6.04. The molecule has 1 aromatic heterocycles. The average Bonchev–Trinajstić information content (AvgIpc) is 2.92. The van der Waals surface area contributed by atoms with Crippen molar-refractivity contribution < 1.29 is 4.42 Å². The number of hydrogen-bond donors (Lipinski definition) is 1. The second-order valence-corrected chi connectivity index (χ2v) is 5.93. The molecule has 0 aliphatic heterocycles. The van der Waals surface area contributed by atoms with E-state index in [0.717, 1.165) is 17.0 Å². The maximum absolute atomic E-state index is 5.79. The summed E-state index contributed by atoms with van der Waals surface area (Å²) in [5.41, 5.74) is 2.55. The van der Waals surface area contributed by atoms with E-state index in [-0.39, 0.29) is 6.04 Å². The Morgan fingerprint density at radius 3 is 2.48 bits per heavy atom. The Bertz CT molecular complexity index is 763. The fourth-order valence-corrected chi connectivity index (χ4v) is 3.10. The first-order valence-corrected chi connectivity index (χ1v) is 7.97. The van der Waals surface area contributed by atoms with Gasteiger partial charge in [0, 0.05) is 0 Å². The van der Waals surface area contributed by atoms with Crippen LogP contribution < -0.4 is 5.32 Å². The lowest BCUT2D eigenvalue weighted by molar-refractivity contribution is 0.438. The molecule has 3 rings (SSSR count). The van der Waals surface area contributed by atoms with Crippen molar-refractivity contribution in [3.05, 3.63) is 70.1 Å². The van der Waals surface area contributed by atoms with E-state index in [1.165, 1.54) is 21.9 Å². The van der Waals surface area contributed by atoms with Crippen molar-refractivity contribution >= 4 is 26.7 Å². The van der Waals surface area contributed by atoms with Crippen LogP contribution in [-0.2, 0) is 0 Å². The summed E-state index contributed by atoms with van der Waals surface area (Å²) in [6, 6.07) is 16.9. The summed E-state index contributed by atoms with van der Waals surface area (Å²) in [5.74, 6) is 0.928. The zero-order valence-corrected chi connectivity index (χ0v) is 13.8. The molecule has 3 aromatic rings. The predicted molar refractivity (Wildman–Crippen MR) is 90.6 cm³/mol. The van der Waals surface area contributed by atoms with Crippen molar-refractivity contribution in [2.75, 3.05) is 6.54 Å². The van der Waals surface area contributed by atoms with Gasteiger partial charge in [0.2, 0.25) is 0 Å². The van der Waals surface area contributed by atoms with Crippen LogP contribution >= 0.6 is 15.9 Å². The first-order chi connectivity index (χ1) is 10.2. The normalized spacial score (nSPS) is 12.7. The molecule has 0 fully saturated rings. The number of halogens is 1. The van der Waals surface area contributed by atoms with Crippen LogP contribution in [-0.4, -0.2) is 6.54 Å². The SMILES string of the molecule is CCNC(c1ccc(Br)o1)c1ccc(C)c2ccccc12. The smallest absolute Gasteiger partial charge is 0.169 e. The van der Waals surface area contributed by atoms with Gasteiger partial charge < -0.3 is 9.73 Å². The Balaban J connectivity index is 2.18. The van der Waals surface area contributed by atoms with Gasteiger partial charge in [0.25, 0.3) is 0 Å². The zero-order chi connectivity index (χ0) is 14.8. The maximum Gasteiger partial charge on any atom is 0.169 e. The quantitative estimate of drug-likeness (QED) is 0.703. The molecule has 21 heavy (non-hydrogen) atoms. The van der Waals surface area contributed by atoms with Crippen molar-refractivity contribution in [2.24, 2.45) is 0 Å². The van der Waals surface area contributed by atoms with Crippen LogP contribution in [0.5, 0.6) is 0 Å². The highest BCUT2D eigenvalue weighted by molar-refractivity contribution is 9.10. The van der Waals surface area contributed by atoms with Crippen LogP contribution in [0.4, 0.5) is 0 Å². The van der Waals surface area contributed by atoms with Crippen molar-refractivity contribution in [1.82, 2.24) is 5.32 Å². The first-order valence-electron chi connectivity index (χ1n) is 7.17. The van der Waals surface area contributed by atoms with Gasteiger partial charge in [0.1, 0.15) is 5.76 Å². The highest BCUT2D eigenvalue weighted by atomic mass is 79.9. The Morgan fingerprint density at radius 2 is 1.81 bits per heavy atom. The number of fused-ring (bicyclic) bond motifs is 1. The van der Waals surface area contributed by atoms with E-state index in [1.54, 1.807) is 0 Å². The van der Waals surface area contributed by atoms with Gasteiger partial charge >= 0.3 is 0 Å². The number of furan rings is 1. The van der Waals surface area contributed by atoms with E-state index in [2.05, 4.69) is 71.5 Å². The summed E-state index contributed by atoms with van der Waals surface area (Å²) < 4.78 is 6.55. The van der Waals surface area contributed by atoms with E-state index >= 15 is 0 Å². The fourth-order valence-electron chi connectivity index (χ4n) is 2.78. The largest absolute Gasteiger partial charge is 0.452 e. The van der Waals surface area contributed by atoms with Crippen molar-refractivity contribution in [1.29, 1.82) is 0 Å². The van der Waals surface area contributed by atoms with Crippen LogP contribution in [0.3, 0.4) is 0 Å². The summed E-state index contributed by atoms with van der Waals surface area (Å²) in [6.07, 6.45) is 0. The van der Waals surface area contributed by atoms with E-state index in [4.69, 9.17) is 4.42 Å². The minimum atomic E-state index is 0.0619. The summed E-state index contributed by atoms with van der Waals surface area (Å²) >= 11 is 3.39. The van der Waals surface area contributed by atoms with Gasteiger partial charge in [0.05, 0.1) is 6.04 Å². The Kier molecular flexibility index (Phi) is 4.13. The van der Waals surface area contributed by atoms with Gasteiger partial charge in [0.15, 0.2) is 4.67 Å². The number of aryl methyl sites for hydroxylation is 1. The van der Waals surface area contributed by atoms with E-state index < -0.39 is 0 Å². The van der Waals surface area contributed by atoms with Gasteiger partial charge in [-0.15, -0.1) is 0 Å². The van der Waals surface area contributed by atoms with Crippen molar-refractivity contribution in [3.8, 4) is 0 Å². The standard InChI is InChI=1S/C18H18BrNO/c1-3-20-18(16-10-11-17(19)21-16)15-9-8-12(2)13-6-4-5-7-14(13)15/h4-11,18,20H,3H2,1-2H3. The van der Waals surface area contributed by atoms with Crippen LogP contribution in [0.15, 0.2) is 57.6 Å². The lowest BCUT2D eigenvalue weighted by Gasteiger charge is -2.19. The summed E-state index contributed by atoms with van der Waals surface area (Å²) in [7, 11) is 0. The molecule has 0 spiro atoms. The fraction of sp³-hybridized carbons (Fsp3) is 0.222. The van der Waals surface area contributed by atoms with Crippen LogP contribution in [0.2, 0.25) is 0 Å². The highest BCUT2D eigenvalue weighted by Gasteiger charge is 2.19. The lowest BCUT2D eigenvalue weighted by atomic mass is 9.94. The Hall–Kier alpha value is -1.58. The first kappa shape index (κ1) is 14.4. The number of hydrogen-bond acceptors (Lipinski definition) is 2. The molecule has 108 valence electrons. The van der Waals surface area contributed by atoms with Crippen molar-refractivity contribution in [2.45, 2.75) is 19.9 Å². The molecule has 1 unspecified atom stereocenters. The third-order valence-corrected chi connectivity index (χ3v) is 4.20. The second-order valence-electron chi connectivity index (χ2n) is 5.15. The van der Waals surface area contributed by atoms with E-state index in [9.17, 15) is 0 Å². The van der Waals surface area contributed by atoms with E-state index in [0.29, 0.717) is 0 Å². The van der Waals surface area contributed by atoms with Gasteiger partial charge in [-0.2, -0.15) is 0 Å². The molecule has 0 bridgehead atoms. The molecule has 1 N–H and O–H groups in total. The van der Waals surface area contributed by atoms with Crippen LogP contribution in [0, 0.1) is 6.92 Å². The molecule has 1 atom stereocenters. The average molecular weight is 344 g/mol. The van der Waals surface area contributed by atoms with Gasteiger partial charge in [-0.05, 0) is 63.4 Å². The van der Waals surface area contributed by atoms with Crippen LogP contribution in [0.1, 0.15) is 29.9 Å². The highest BCUT2D eigenvalue weighted by Crippen LogP contribution is 2.32. The molecule has 0 aliphatic carbocycles. The number of benzene rings is 2. The molecular weight excluding hydrogens is 326 g/mol. The summed E-state index contributed by atoms with van der Waals surface area (Å²) in [6.45, 7) is 5.14. The zero-order valence-electron chi connectivity index (χ0n) is 12.2. The van der Waals surface area contributed by atoms with E-state index in [1.807, 2.05) is 12.1 Å². The number of rotatable bonds is 4. The molecule has 0 amide bonds. The predicted octanol–water partition coefficient (Wildman–Crippen LogP) is 5.20. The molecule has 0 aliphatic rings. The third kappa shape index (κ3) is 2.76. The maximum atomic E-state index is 5.79. The molecule has 2 aromatic carbocycles. The molecule has 2 nitrogen and oxygen atoms in total. The van der Waals surface area contributed by atoms with Gasteiger partial charge in [-0.1, -0.05) is 43.3 Å². The lowest BCUT2D eigenvalue weighted by Crippen LogP contribution is -2.21. The third-order valence-electron chi connectivity index (χ3n) is 3.77.